The topological polar surface area (TPSA) is 84.3 Å². The number of carbonyl (C=O) groups excluding carboxylic acids is 1. The van der Waals surface area contributed by atoms with E-state index in [9.17, 15) is 13.6 Å². The number of para-hydroxylation sites is 4. The second kappa shape index (κ2) is 7.23. The summed E-state index contributed by atoms with van der Waals surface area (Å²) in [5.74, 6) is 0.157. The van der Waals surface area contributed by atoms with Crippen LogP contribution in [0.5, 0.6) is 5.75 Å². The molecule has 0 aliphatic carbocycles. The third-order valence-electron chi connectivity index (χ3n) is 3.71. The highest BCUT2D eigenvalue weighted by Gasteiger charge is 2.15. The van der Waals surface area contributed by atoms with Crippen molar-refractivity contribution in [2.24, 2.45) is 0 Å². The van der Waals surface area contributed by atoms with E-state index in [0.29, 0.717) is 10.9 Å². The number of benzene rings is 2. The van der Waals surface area contributed by atoms with Gasteiger partial charge in [-0.2, -0.15) is 8.78 Å². The maximum absolute atomic E-state index is 12.5. The number of H-pyrrole nitrogens is 1. The Balaban J connectivity index is 1.48. The number of amides is 1. The van der Waals surface area contributed by atoms with E-state index >= 15 is 0 Å². The first-order valence-corrected chi connectivity index (χ1v) is 8.88. The number of carbonyl (C=O) groups is 1. The average Bonchev–Trinajstić information content (AvgIpc) is 3.20. The monoisotopic (exact) mass is 389 g/mol. The second-order valence-corrected chi connectivity index (χ2v) is 6.42. The molecule has 1 amide bonds. The van der Waals surface area contributed by atoms with E-state index in [1.807, 2.05) is 28.7 Å². The van der Waals surface area contributed by atoms with Gasteiger partial charge in [-0.3, -0.25) is 9.20 Å². The third kappa shape index (κ3) is 3.56. The smallest absolute Gasteiger partial charge is 0.387 e. The Morgan fingerprint density at radius 3 is 2.85 bits per heavy atom. The molecule has 4 aromatic rings. The van der Waals surface area contributed by atoms with Gasteiger partial charge < -0.3 is 10.1 Å². The van der Waals surface area contributed by atoms with Crippen molar-refractivity contribution in [3.8, 4) is 5.75 Å². The molecule has 0 unspecified atom stereocenters. The van der Waals surface area contributed by atoms with Crippen LogP contribution in [-0.4, -0.2) is 37.9 Å². The summed E-state index contributed by atoms with van der Waals surface area (Å²) in [5, 5.41) is 10.2. The molecule has 2 N–H and O–H groups in total. The summed E-state index contributed by atoms with van der Waals surface area (Å²) < 4.78 is 31.1. The van der Waals surface area contributed by atoms with Crippen molar-refractivity contribution < 1.29 is 18.3 Å². The van der Waals surface area contributed by atoms with E-state index in [1.54, 1.807) is 12.1 Å². The van der Waals surface area contributed by atoms with E-state index in [2.05, 4.69) is 25.2 Å². The SMILES string of the molecule is O=C(CSc1n[nH]c2nc3ccccc3n12)Nc1ccccc1OC(F)F. The van der Waals surface area contributed by atoms with Gasteiger partial charge >= 0.3 is 6.61 Å². The number of thioether (sulfide) groups is 1. The van der Waals surface area contributed by atoms with Gasteiger partial charge in [-0.15, -0.1) is 5.10 Å². The first-order chi connectivity index (χ1) is 13.1. The molecule has 27 heavy (non-hydrogen) atoms. The predicted octanol–water partition coefficient (Wildman–Crippen LogP) is 3.54. The average molecular weight is 389 g/mol. The lowest BCUT2D eigenvalue weighted by Gasteiger charge is -2.11. The van der Waals surface area contributed by atoms with E-state index in [4.69, 9.17) is 0 Å². The van der Waals surface area contributed by atoms with E-state index in [1.165, 1.54) is 23.9 Å². The molecule has 138 valence electrons. The van der Waals surface area contributed by atoms with Crippen LogP contribution in [0, 0.1) is 0 Å². The van der Waals surface area contributed by atoms with Gasteiger partial charge in [0.05, 0.1) is 22.5 Å². The summed E-state index contributed by atoms with van der Waals surface area (Å²) in [7, 11) is 0. The number of anilines is 1. The molecule has 0 aliphatic heterocycles. The number of rotatable bonds is 6. The summed E-state index contributed by atoms with van der Waals surface area (Å²) >= 11 is 1.20. The van der Waals surface area contributed by atoms with Crippen LogP contribution in [0.15, 0.2) is 53.7 Å². The number of ether oxygens (including phenoxy) is 1. The minimum atomic E-state index is -2.97. The molecule has 0 aliphatic rings. The Kier molecular flexibility index (Phi) is 4.63. The van der Waals surface area contributed by atoms with Crippen molar-refractivity contribution in [2.45, 2.75) is 11.8 Å². The van der Waals surface area contributed by atoms with Gasteiger partial charge in [0.25, 0.3) is 0 Å². The van der Waals surface area contributed by atoms with Crippen molar-refractivity contribution in [2.75, 3.05) is 11.1 Å². The van der Waals surface area contributed by atoms with Crippen molar-refractivity contribution in [3.63, 3.8) is 0 Å². The van der Waals surface area contributed by atoms with Crippen molar-refractivity contribution in [3.05, 3.63) is 48.5 Å². The maximum Gasteiger partial charge on any atom is 0.387 e. The number of halogens is 2. The number of hydrogen-bond donors (Lipinski definition) is 2. The summed E-state index contributed by atoms with van der Waals surface area (Å²) in [6.45, 7) is -2.97. The number of aromatic nitrogens is 4. The highest BCUT2D eigenvalue weighted by Crippen LogP contribution is 2.27. The molecular weight excluding hydrogens is 376 g/mol. The fourth-order valence-electron chi connectivity index (χ4n) is 2.62. The molecule has 0 atom stereocenters. The lowest BCUT2D eigenvalue weighted by atomic mass is 10.3. The number of nitrogens with one attached hydrogen (secondary N) is 2. The standard InChI is InChI=1S/C17H13F2N5O2S/c18-15(19)26-13-8-4-2-6-11(13)20-14(25)9-27-17-23-22-16-21-10-5-1-3-7-12(10)24(16)17/h1-8,15H,9H2,(H,20,25)(H,21,22). The number of hydrogen-bond acceptors (Lipinski definition) is 5. The van der Waals surface area contributed by atoms with Gasteiger partial charge in [0, 0.05) is 0 Å². The van der Waals surface area contributed by atoms with Crippen molar-refractivity contribution in [1.82, 2.24) is 19.6 Å². The van der Waals surface area contributed by atoms with Crippen LogP contribution < -0.4 is 10.1 Å². The van der Waals surface area contributed by atoms with Crippen LogP contribution in [0.3, 0.4) is 0 Å². The van der Waals surface area contributed by atoms with Crippen LogP contribution >= 0.6 is 11.8 Å². The molecule has 0 fully saturated rings. The zero-order chi connectivity index (χ0) is 18.8. The summed E-state index contributed by atoms with van der Waals surface area (Å²) in [5.41, 5.74) is 1.87. The molecule has 2 aromatic carbocycles. The lowest BCUT2D eigenvalue weighted by Crippen LogP contribution is -2.15. The number of fused-ring (bicyclic) bond motifs is 3. The van der Waals surface area contributed by atoms with Crippen LogP contribution in [0.2, 0.25) is 0 Å². The zero-order valence-electron chi connectivity index (χ0n) is 13.7. The predicted molar refractivity (Wildman–Crippen MR) is 97.3 cm³/mol. The molecule has 0 saturated heterocycles. The van der Waals surface area contributed by atoms with Crippen molar-refractivity contribution >= 4 is 40.2 Å². The van der Waals surface area contributed by atoms with E-state index < -0.39 is 6.61 Å². The van der Waals surface area contributed by atoms with Crippen LogP contribution in [0.1, 0.15) is 0 Å². The molecule has 0 bridgehead atoms. The Morgan fingerprint density at radius 2 is 2.00 bits per heavy atom. The first kappa shape index (κ1) is 17.3. The van der Waals surface area contributed by atoms with Crippen molar-refractivity contribution in [1.29, 1.82) is 0 Å². The molecular formula is C17H13F2N5O2S. The Hall–Kier alpha value is -3.14. The Bertz CT molecular complexity index is 1110. The maximum atomic E-state index is 12.5. The highest BCUT2D eigenvalue weighted by molar-refractivity contribution is 7.99. The number of nitrogens with zero attached hydrogens (tertiary/aromatic N) is 3. The molecule has 0 radical (unpaired) electrons. The van der Waals surface area contributed by atoms with Gasteiger partial charge in [0.15, 0.2) is 5.16 Å². The van der Waals surface area contributed by atoms with Gasteiger partial charge in [0.2, 0.25) is 11.7 Å². The highest BCUT2D eigenvalue weighted by atomic mass is 32.2. The minimum absolute atomic E-state index is 0.0372. The first-order valence-electron chi connectivity index (χ1n) is 7.90. The molecule has 0 saturated carbocycles. The number of imidazole rings is 1. The minimum Gasteiger partial charge on any atom is -0.433 e. The lowest BCUT2D eigenvalue weighted by molar-refractivity contribution is -0.113. The van der Waals surface area contributed by atoms with Crippen LogP contribution in [0.4, 0.5) is 14.5 Å². The largest absolute Gasteiger partial charge is 0.433 e. The fourth-order valence-corrected chi connectivity index (χ4v) is 3.38. The van der Waals surface area contributed by atoms with Crippen LogP contribution in [0.25, 0.3) is 16.8 Å². The van der Waals surface area contributed by atoms with Gasteiger partial charge in [-0.05, 0) is 24.3 Å². The van der Waals surface area contributed by atoms with Crippen LogP contribution in [-0.2, 0) is 4.79 Å². The van der Waals surface area contributed by atoms with Gasteiger partial charge in [0.1, 0.15) is 5.75 Å². The van der Waals surface area contributed by atoms with Gasteiger partial charge in [-0.25, -0.2) is 10.1 Å². The molecule has 4 rings (SSSR count). The molecule has 7 nitrogen and oxygen atoms in total. The van der Waals surface area contributed by atoms with E-state index in [0.717, 1.165) is 11.0 Å². The third-order valence-corrected chi connectivity index (χ3v) is 4.65. The number of aromatic amines is 1. The quantitative estimate of drug-likeness (QED) is 0.493. The Labute approximate surface area is 155 Å². The summed E-state index contributed by atoms with van der Waals surface area (Å²) in [6.07, 6.45) is 0. The molecule has 0 spiro atoms. The fraction of sp³-hybridized carbons (Fsp3) is 0.118. The molecule has 2 aromatic heterocycles. The number of alkyl halides is 2. The van der Waals surface area contributed by atoms with Gasteiger partial charge in [-0.1, -0.05) is 36.0 Å². The molecule has 10 heteroatoms. The summed E-state index contributed by atoms with van der Waals surface area (Å²) in [4.78, 5) is 16.7. The normalized spacial score (nSPS) is 11.4. The Morgan fingerprint density at radius 1 is 1.22 bits per heavy atom. The van der Waals surface area contributed by atoms with E-state index in [-0.39, 0.29) is 23.1 Å². The molecule has 2 heterocycles. The summed E-state index contributed by atoms with van der Waals surface area (Å²) in [6, 6.07) is 13.6. The second-order valence-electron chi connectivity index (χ2n) is 5.48. The zero-order valence-corrected chi connectivity index (χ0v) is 14.5.